The molecular formula is C28H23NO5. The van der Waals surface area contributed by atoms with Gasteiger partial charge in [0.05, 0.1) is 6.42 Å². The molecule has 6 heteroatoms. The Morgan fingerprint density at radius 3 is 1.94 bits per heavy atom. The number of carboxylic acids is 2. The molecule has 3 N–H and O–H groups in total. The number of rotatable bonds is 8. The van der Waals surface area contributed by atoms with Gasteiger partial charge in [-0.25, -0.2) is 4.79 Å². The van der Waals surface area contributed by atoms with Crippen molar-refractivity contribution in [1.29, 1.82) is 0 Å². The Bertz CT molecular complexity index is 1340. The molecule has 4 aromatic carbocycles. The van der Waals surface area contributed by atoms with Crippen LogP contribution in [0.5, 0.6) is 0 Å². The third kappa shape index (κ3) is 4.38. The van der Waals surface area contributed by atoms with E-state index in [4.69, 9.17) is 0 Å². The summed E-state index contributed by atoms with van der Waals surface area (Å²) in [4.78, 5) is 38.3. The van der Waals surface area contributed by atoms with Gasteiger partial charge in [0.2, 0.25) is 0 Å². The second-order valence-corrected chi connectivity index (χ2v) is 8.06. The van der Waals surface area contributed by atoms with Gasteiger partial charge in [-0.2, -0.15) is 0 Å². The molecule has 0 saturated carbocycles. The summed E-state index contributed by atoms with van der Waals surface area (Å²) in [5, 5.41) is 24.9. The number of amides is 1. The molecule has 34 heavy (non-hydrogen) atoms. The lowest BCUT2D eigenvalue weighted by Gasteiger charge is -2.38. The van der Waals surface area contributed by atoms with E-state index >= 15 is 0 Å². The molecule has 2 unspecified atom stereocenters. The van der Waals surface area contributed by atoms with Crippen LogP contribution in [-0.2, 0) is 15.1 Å². The molecule has 170 valence electrons. The van der Waals surface area contributed by atoms with Crippen LogP contribution in [-0.4, -0.2) is 28.1 Å². The number of carboxylic acid groups (broad SMARTS) is 2. The third-order valence-corrected chi connectivity index (χ3v) is 5.99. The van der Waals surface area contributed by atoms with Crippen molar-refractivity contribution in [3.8, 4) is 0 Å². The number of carbonyl (C=O) groups excluding carboxylic acids is 1. The highest BCUT2D eigenvalue weighted by Crippen LogP contribution is 2.41. The predicted molar refractivity (Wildman–Crippen MR) is 129 cm³/mol. The van der Waals surface area contributed by atoms with Crippen LogP contribution in [0.25, 0.3) is 10.8 Å². The molecule has 0 bridgehead atoms. The largest absolute Gasteiger partial charge is 0.481 e. The predicted octanol–water partition coefficient (Wildman–Crippen LogP) is 4.81. The summed E-state index contributed by atoms with van der Waals surface area (Å²) in [7, 11) is 0. The van der Waals surface area contributed by atoms with Crippen molar-refractivity contribution in [3.05, 3.63) is 120 Å². The maximum absolute atomic E-state index is 13.3. The smallest absolute Gasteiger partial charge is 0.334 e. The molecule has 0 aliphatic carbocycles. The lowest BCUT2D eigenvalue weighted by Crippen LogP contribution is -2.56. The van der Waals surface area contributed by atoms with E-state index in [9.17, 15) is 24.6 Å². The number of fused-ring (bicyclic) bond motifs is 1. The van der Waals surface area contributed by atoms with Crippen molar-refractivity contribution >= 4 is 28.6 Å². The van der Waals surface area contributed by atoms with Gasteiger partial charge in [0.15, 0.2) is 5.54 Å². The Labute approximate surface area is 196 Å². The second-order valence-electron chi connectivity index (χ2n) is 8.06. The number of hydrogen-bond acceptors (Lipinski definition) is 3. The van der Waals surface area contributed by atoms with Gasteiger partial charge in [-0.15, -0.1) is 0 Å². The van der Waals surface area contributed by atoms with E-state index in [2.05, 4.69) is 5.32 Å². The number of carbonyl (C=O) groups is 3. The van der Waals surface area contributed by atoms with Crippen molar-refractivity contribution in [1.82, 2.24) is 5.32 Å². The molecule has 0 heterocycles. The Balaban J connectivity index is 1.94. The van der Waals surface area contributed by atoms with Gasteiger partial charge in [0.25, 0.3) is 5.91 Å². The summed E-state index contributed by atoms with van der Waals surface area (Å²) in [6.07, 6.45) is -0.505. The number of benzene rings is 4. The molecule has 0 saturated heterocycles. The van der Waals surface area contributed by atoms with Crippen LogP contribution < -0.4 is 5.32 Å². The molecule has 1 amide bonds. The zero-order valence-electron chi connectivity index (χ0n) is 18.2. The van der Waals surface area contributed by atoms with E-state index in [1.54, 1.807) is 72.8 Å². The Morgan fingerprint density at radius 1 is 0.735 bits per heavy atom. The van der Waals surface area contributed by atoms with Gasteiger partial charge >= 0.3 is 11.9 Å². The highest BCUT2D eigenvalue weighted by Gasteiger charge is 2.50. The molecule has 0 aromatic heterocycles. The van der Waals surface area contributed by atoms with Crippen molar-refractivity contribution in [2.75, 3.05) is 0 Å². The van der Waals surface area contributed by atoms with Gasteiger partial charge in [-0.05, 0) is 34.0 Å². The lowest BCUT2D eigenvalue weighted by molar-refractivity contribution is -0.147. The van der Waals surface area contributed by atoms with E-state index in [-0.39, 0.29) is 11.1 Å². The van der Waals surface area contributed by atoms with E-state index in [1.807, 2.05) is 30.3 Å². The Morgan fingerprint density at radius 2 is 1.32 bits per heavy atom. The maximum atomic E-state index is 13.3. The highest BCUT2D eigenvalue weighted by atomic mass is 16.4. The van der Waals surface area contributed by atoms with Crippen molar-refractivity contribution < 1.29 is 24.6 Å². The highest BCUT2D eigenvalue weighted by molar-refractivity contribution is 5.99. The summed E-state index contributed by atoms with van der Waals surface area (Å²) >= 11 is 0. The minimum Gasteiger partial charge on any atom is -0.481 e. The van der Waals surface area contributed by atoms with Crippen molar-refractivity contribution in [3.63, 3.8) is 0 Å². The van der Waals surface area contributed by atoms with Gasteiger partial charge in [0.1, 0.15) is 0 Å². The summed E-state index contributed by atoms with van der Waals surface area (Å²) in [5.74, 6) is -4.22. The number of hydrogen-bond donors (Lipinski definition) is 3. The topological polar surface area (TPSA) is 104 Å². The minimum atomic E-state index is -2.03. The molecule has 0 aliphatic rings. The average molecular weight is 453 g/mol. The van der Waals surface area contributed by atoms with Crippen LogP contribution in [0, 0.1) is 0 Å². The molecule has 0 radical (unpaired) electrons. The van der Waals surface area contributed by atoms with Crippen molar-refractivity contribution in [2.45, 2.75) is 17.9 Å². The molecule has 0 spiro atoms. The van der Waals surface area contributed by atoms with Crippen molar-refractivity contribution in [2.24, 2.45) is 0 Å². The average Bonchev–Trinajstić information content (AvgIpc) is 2.86. The minimum absolute atomic E-state index is 0.275. The van der Waals surface area contributed by atoms with E-state index in [1.165, 1.54) is 0 Å². The fraction of sp³-hybridized carbons (Fsp3) is 0.107. The Kier molecular flexibility index (Phi) is 6.41. The van der Waals surface area contributed by atoms with Crippen LogP contribution in [0.1, 0.15) is 33.8 Å². The summed E-state index contributed by atoms with van der Waals surface area (Å²) in [6.45, 7) is 0. The molecule has 4 aromatic rings. The first kappa shape index (κ1) is 22.7. The van der Waals surface area contributed by atoms with E-state index < -0.39 is 35.7 Å². The number of nitrogens with one attached hydrogen (secondary N) is 1. The fourth-order valence-corrected chi connectivity index (χ4v) is 4.35. The first-order valence-corrected chi connectivity index (χ1v) is 10.8. The SMILES string of the molecule is O=C(O)CC(c1ccc2ccccc2c1)C(NC(=O)c1ccccc1)(C(=O)O)c1ccccc1. The lowest BCUT2D eigenvalue weighted by atomic mass is 9.72. The zero-order valence-corrected chi connectivity index (χ0v) is 18.2. The molecule has 2 atom stereocenters. The van der Waals surface area contributed by atoms with E-state index in [0.29, 0.717) is 5.56 Å². The van der Waals surface area contributed by atoms with Gasteiger partial charge < -0.3 is 15.5 Å². The first-order chi connectivity index (χ1) is 16.4. The third-order valence-electron chi connectivity index (χ3n) is 5.99. The molecule has 0 aliphatic heterocycles. The maximum Gasteiger partial charge on any atom is 0.334 e. The summed E-state index contributed by atoms with van der Waals surface area (Å²) in [6, 6.07) is 29.4. The van der Waals surface area contributed by atoms with Crippen LogP contribution in [0.4, 0.5) is 0 Å². The second kappa shape index (κ2) is 9.58. The fourth-order valence-electron chi connectivity index (χ4n) is 4.35. The molecular weight excluding hydrogens is 430 g/mol. The zero-order chi connectivity index (χ0) is 24.1. The van der Waals surface area contributed by atoms with Gasteiger partial charge in [-0.1, -0.05) is 91.0 Å². The molecule has 0 fully saturated rings. The Hall–Kier alpha value is -4.45. The normalized spacial score (nSPS) is 13.5. The number of aliphatic carboxylic acids is 2. The first-order valence-electron chi connectivity index (χ1n) is 10.8. The van der Waals surface area contributed by atoms with Crippen LogP contribution in [0.3, 0.4) is 0 Å². The molecule has 4 rings (SSSR count). The van der Waals surface area contributed by atoms with Gasteiger partial charge in [0, 0.05) is 11.5 Å². The molecule has 6 nitrogen and oxygen atoms in total. The van der Waals surface area contributed by atoms with E-state index in [0.717, 1.165) is 10.8 Å². The standard InChI is InChI=1S/C28H23NO5/c30-25(31)18-24(22-16-15-19-9-7-8-12-21(19)17-22)28(27(33)34,23-13-5-2-6-14-23)29-26(32)20-10-3-1-4-11-20/h1-17,24H,18H2,(H,29,32)(H,30,31)(H,33,34). The quantitative estimate of drug-likeness (QED) is 0.355. The summed E-state index contributed by atoms with van der Waals surface area (Å²) in [5.41, 5.74) is -0.974. The van der Waals surface area contributed by atoms with Gasteiger partial charge in [-0.3, -0.25) is 9.59 Å². The van der Waals surface area contributed by atoms with Crippen LogP contribution in [0.15, 0.2) is 103 Å². The van der Waals surface area contributed by atoms with Crippen LogP contribution >= 0.6 is 0 Å². The monoisotopic (exact) mass is 453 g/mol. The summed E-state index contributed by atoms with van der Waals surface area (Å²) < 4.78 is 0. The van der Waals surface area contributed by atoms with Crippen LogP contribution in [0.2, 0.25) is 0 Å².